The number of halogens is 2. The van der Waals surface area contributed by atoms with Crippen LogP contribution in [0.4, 0.5) is 4.39 Å². The number of aliphatic carboxylic acids is 1. The van der Waals surface area contributed by atoms with E-state index in [0.717, 1.165) is 6.07 Å². The van der Waals surface area contributed by atoms with E-state index in [1.54, 1.807) is 6.92 Å². The SMILES string of the molecule is CCC(=O)c1cc(Br)cc(F)c1O[C@@H](C)C(=O)O. The predicted octanol–water partition coefficient (Wildman–Crippen LogP) is 3.03. The molecule has 0 spiro atoms. The van der Waals surface area contributed by atoms with Crippen molar-refractivity contribution in [1.82, 2.24) is 0 Å². The highest BCUT2D eigenvalue weighted by molar-refractivity contribution is 9.10. The van der Waals surface area contributed by atoms with Gasteiger partial charge in [0.2, 0.25) is 0 Å². The molecule has 1 N–H and O–H groups in total. The average Bonchev–Trinajstić information content (AvgIpc) is 2.30. The zero-order valence-electron chi connectivity index (χ0n) is 9.87. The first-order valence-corrected chi connectivity index (χ1v) is 6.07. The number of carbonyl (C=O) groups is 2. The molecule has 1 aromatic carbocycles. The first kappa shape index (κ1) is 14.6. The maximum Gasteiger partial charge on any atom is 0.344 e. The van der Waals surface area contributed by atoms with E-state index in [1.165, 1.54) is 13.0 Å². The number of ketones is 1. The van der Waals surface area contributed by atoms with E-state index in [2.05, 4.69) is 15.9 Å². The molecule has 0 aliphatic heterocycles. The molecule has 1 rings (SSSR count). The highest BCUT2D eigenvalue weighted by atomic mass is 79.9. The van der Waals surface area contributed by atoms with E-state index in [1.807, 2.05) is 0 Å². The number of hydrogen-bond donors (Lipinski definition) is 1. The molecule has 0 saturated carbocycles. The summed E-state index contributed by atoms with van der Waals surface area (Å²) in [6.45, 7) is 2.90. The normalized spacial score (nSPS) is 12.0. The topological polar surface area (TPSA) is 63.6 Å². The van der Waals surface area contributed by atoms with E-state index in [9.17, 15) is 14.0 Å². The van der Waals surface area contributed by atoms with Crippen LogP contribution in [0.15, 0.2) is 16.6 Å². The van der Waals surface area contributed by atoms with Crippen LogP contribution in [0, 0.1) is 5.82 Å². The van der Waals surface area contributed by atoms with Crippen LogP contribution in [0.1, 0.15) is 30.6 Å². The van der Waals surface area contributed by atoms with Gasteiger partial charge in [0.05, 0.1) is 5.56 Å². The summed E-state index contributed by atoms with van der Waals surface area (Å²) in [4.78, 5) is 22.4. The minimum absolute atomic E-state index is 0.0393. The van der Waals surface area contributed by atoms with Gasteiger partial charge in [-0.05, 0) is 19.1 Å². The second-order valence-electron chi connectivity index (χ2n) is 3.64. The molecule has 0 fully saturated rings. The summed E-state index contributed by atoms with van der Waals surface area (Å²) in [6, 6.07) is 2.54. The Bertz CT molecular complexity index is 487. The first-order chi connectivity index (χ1) is 8.36. The molecule has 0 aromatic heterocycles. The van der Waals surface area contributed by atoms with Crippen LogP contribution in [0.2, 0.25) is 0 Å². The molecule has 0 radical (unpaired) electrons. The van der Waals surface area contributed by atoms with Crippen LogP contribution in [0.25, 0.3) is 0 Å². The van der Waals surface area contributed by atoms with Gasteiger partial charge in [-0.2, -0.15) is 0 Å². The van der Waals surface area contributed by atoms with Gasteiger partial charge in [-0.3, -0.25) is 4.79 Å². The summed E-state index contributed by atoms with van der Waals surface area (Å²) in [6.07, 6.45) is -1.06. The van der Waals surface area contributed by atoms with Crippen molar-refractivity contribution in [2.45, 2.75) is 26.4 Å². The molecule has 0 saturated heterocycles. The van der Waals surface area contributed by atoms with E-state index in [4.69, 9.17) is 9.84 Å². The van der Waals surface area contributed by atoms with Gasteiger partial charge in [0.25, 0.3) is 0 Å². The lowest BCUT2D eigenvalue weighted by Crippen LogP contribution is -2.24. The third-order valence-corrected chi connectivity index (χ3v) is 2.73. The lowest BCUT2D eigenvalue weighted by Gasteiger charge is -2.14. The van der Waals surface area contributed by atoms with E-state index in [0.29, 0.717) is 4.47 Å². The monoisotopic (exact) mass is 318 g/mol. The highest BCUT2D eigenvalue weighted by Crippen LogP contribution is 2.29. The second-order valence-corrected chi connectivity index (χ2v) is 4.56. The molecular formula is C12H12BrFO4. The molecule has 0 amide bonds. The summed E-state index contributed by atoms with van der Waals surface area (Å²) in [5.74, 6) is -2.63. The summed E-state index contributed by atoms with van der Waals surface area (Å²) in [5.41, 5.74) is 0.0393. The maximum atomic E-state index is 13.7. The van der Waals surface area contributed by atoms with Gasteiger partial charge in [0.1, 0.15) is 0 Å². The molecule has 1 aromatic rings. The van der Waals surface area contributed by atoms with Crippen LogP contribution in [-0.2, 0) is 4.79 Å². The number of ether oxygens (including phenoxy) is 1. The average molecular weight is 319 g/mol. The number of carbonyl (C=O) groups excluding carboxylic acids is 1. The number of benzene rings is 1. The van der Waals surface area contributed by atoms with E-state index in [-0.39, 0.29) is 23.5 Å². The van der Waals surface area contributed by atoms with Gasteiger partial charge in [0.15, 0.2) is 23.5 Å². The fourth-order valence-electron chi connectivity index (χ4n) is 1.30. The Kier molecular flexibility index (Phi) is 4.84. The van der Waals surface area contributed by atoms with Crippen LogP contribution in [0.3, 0.4) is 0 Å². The molecule has 98 valence electrons. The Morgan fingerprint density at radius 3 is 2.61 bits per heavy atom. The van der Waals surface area contributed by atoms with E-state index >= 15 is 0 Å². The van der Waals surface area contributed by atoms with Gasteiger partial charge in [0, 0.05) is 10.9 Å². The largest absolute Gasteiger partial charge is 0.479 e. The molecular weight excluding hydrogens is 307 g/mol. The molecule has 4 nitrogen and oxygen atoms in total. The minimum atomic E-state index is -1.23. The lowest BCUT2D eigenvalue weighted by molar-refractivity contribution is -0.144. The zero-order valence-corrected chi connectivity index (χ0v) is 11.5. The molecule has 1 atom stereocenters. The van der Waals surface area contributed by atoms with Crippen LogP contribution in [-0.4, -0.2) is 23.0 Å². The Morgan fingerprint density at radius 1 is 1.50 bits per heavy atom. The van der Waals surface area contributed by atoms with Gasteiger partial charge in [-0.25, -0.2) is 9.18 Å². The van der Waals surface area contributed by atoms with Crippen LogP contribution in [0.5, 0.6) is 5.75 Å². The van der Waals surface area contributed by atoms with Crippen LogP contribution >= 0.6 is 15.9 Å². The van der Waals surface area contributed by atoms with Crippen molar-refractivity contribution in [3.8, 4) is 5.75 Å². The Morgan fingerprint density at radius 2 is 2.11 bits per heavy atom. The fourth-order valence-corrected chi connectivity index (χ4v) is 1.73. The van der Waals surface area contributed by atoms with E-state index < -0.39 is 17.9 Å². The Labute approximate surface area is 112 Å². The Balaban J connectivity index is 3.23. The highest BCUT2D eigenvalue weighted by Gasteiger charge is 2.21. The van der Waals surface area contributed by atoms with Gasteiger partial charge in [-0.1, -0.05) is 22.9 Å². The first-order valence-electron chi connectivity index (χ1n) is 5.28. The number of rotatable bonds is 5. The predicted molar refractivity (Wildman–Crippen MR) is 66.4 cm³/mol. The third kappa shape index (κ3) is 3.29. The number of Topliss-reactive ketones (excluding diaryl/α,β-unsaturated/α-hetero) is 1. The maximum absolute atomic E-state index is 13.7. The van der Waals surface area contributed by atoms with Gasteiger partial charge >= 0.3 is 5.97 Å². The molecule has 0 heterocycles. The van der Waals surface area contributed by atoms with Crippen molar-refractivity contribution in [2.75, 3.05) is 0 Å². The summed E-state index contributed by atoms with van der Waals surface area (Å²) in [5, 5.41) is 8.73. The van der Waals surface area contributed by atoms with Crippen molar-refractivity contribution in [1.29, 1.82) is 0 Å². The lowest BCUT2D eigenvalue weighted by atomic mass is 10.1. The summed E-state index contributed by atoms with van der Waals surface area (Å²) < 4.78 is 19.1. The summed E-state index contributed by atoms with van der Waals surface area (Å²) >= 11 is 3.08. The number of hydrogen-bond acceptors (Lipinski definition) is 3. The molecule has 0 aliphatic rings. The standard InChI is InChI=1S/C12H12BrFO4/c1-3-10(15)8-4-7(13)5-9(14)11(8)18-6(2)12(16)17/h4-6H,3H2,1-2H3,(H,16,17)/t6-/m0/s1. The smallest absolute Gasteiger partial charge is 0.344 e. The zero-order chi connectivity index (χ0) is 13.9. The number of carboxylic acid groups (broad SMARTS) is 1. The Hall–Kier alpha value is -1.43. The second kappa shape index (κ2) is 5.95. The molecule has 0 bridgehead atoms. The van der Waals surface area contributed by atoms with Crippen molar-refractivity contribution in [3.05, 3.63) is 28.0 Å². The molecule has 0 unspecified atom stereocenters. The minimum Gasteiger partial charge on any atom is -0.479 e. The summed E-state index contributed by atoms with van der Waals surface area (Å²) in [7, 11) is 0. The van der Waals surface area contributed by atoms with Crippen LogP contribution < -0.4 is 4.74 Å². The fraction of sp³-hybridized carbons (Fsp3) is 0.333. The van der Waals surface area contributed by atoms with Crippen molar-refractivity contribution < 1.29 is 23.8 Å². The van der Waals surface area contributed by atoms with Gasteiger partial charge < -0.3 is 9.84 Å². The number of carboxylic acids is 1. The third-order valence-electron chi connectivity index (χ3n) is 2.27. The van der Waals surface area contributed by atoms with Crippen molar-refractivity contribution in [3.63, 3.8) is 0 Å². The van der Waals surface area contributed by atoms with Crippen molar-refractivity contribution in [2.24, 2.45) is 0 Å². The quantitative estimate of drug-likeness (QED) is 0.847. The molecule has 6 heteroatoms. The van der Waals surface area contributed by atoms with Crippen molar-refractivity contribution >= 4 is 27.7 Å². The van der Waals surface area contributed by atoms with Gasteiger partial charge in [-0.15, -0.1) is 0 Å². The molecule has 0 aliphatic carbocycles. The molecule has 18 heavy (non-hydrogen) atoms.